The van der Waals surface area contributed by atoms with E-state index in [1.165, 1.54) is 16.9 Å². The van der Waals surface area contributed by atoms with Gasteiger partial charge in [0.05, 0.1) is 11.4 Å². The first-order chi connectivity index (χ1) is 13.0. The number of furan rings is 1. The fourth-order valence-electron chi connectivity index (χ4n) is 3.63. The summed E-state index contributed by atoms with van der Waals surface area (Å²) in [6, 6.07) is 3.55. The third kappa shape index (κ3) is 3.69. The van der Waals surface area contributed by atoms with Crippen molar-refractivity contribution in [3.05, 3.63) is 50.3 Å². The second-order valence-corrected chi connectivity index (χ2v) is 8.22. The smallest absolute Gasteiger partial charge is 0.259 e. The van der Waals surface area contributed by atoms with Gasteiger partial charge in [0, 0.05) is 17.7 Å². The van der Waals surface area contributed by atoms with E-state index < -0.39 is 0 Å². The lowest BCUT2D eigenvalue weighted by Crippen LogP contribution is -2.27. The molecule has 0 saturated carbocycles. The first kappa shape index (κ1) is 18.0. The molecule has 4 rings (SSSR count). The molecule has 0 fully saturated rings. The average Bonchev–Trinajstić information content (AvgIpc) is 3.23. The molecule has 1 unspecified atom stereocenters. The van der Waals surface area contributed by atoms with Crippen molar-refractivity contribution in [3.63, 3.8) is 0 Å². The lowest BCUT2D eigenvalue weighted by atomic mass is 9.97. The quantitative estimate of drug-likeness (QED) is 0.703. The van der Waals surface area contributed by atoms with Crippen molar-refractivity contribution in [2.75, 3.05) is 0 Å². The van der Waals surface area contributed by atoms with Gasteiger partial charge >= 0.3 is 0 Å². The molecule has 3 aromatic rings. The second kappa shape index (κ2) is 7.31. The minimum absolute atomic E-state index is 0.0748. The van der Waals surface area contributed by atoms with Crippen LogP contribution < -0.4 is 10.9 Å². The number of thiophene rings is 1. The van der Waals surface area contributed by atoms with Crippen LogP contribution in [0.1, 0.15) is 60.0 Å². The van der Waals surface area contributed by atoms with E-state index in [0.717, 1.165) is 41.0 Å². The number of H-pyrrole nitrogens is 1. The summed E-state index contributed by atoms with van der Waals surface area (Å²) in [6.07, 6.45) is 4.99. The molecule has 7 heteroatoms. The predicted octanol–water partition coefficient (Wildman–Crippen LogP) is 3.57. The Morgan fingerprint density at radius 1 is 1.37 bits per heavy atom. The highest BCUT2D eigenvalue weighted by atomic mass is 32.1. The van der Waals surface area contributed by atoms with Gasteiger partial charge in [-0.25, -0.2) is 4.98 Å². The summed E-state index contributed by atoms with van der Waals surface area (Å²) in [5, 5.41) is 3.68. The molecule has 0 aromatic carbocycles. The molecule has 1 amide bonds. The SMILES string of the molecule is Cc1ccc(C(C)NC(=O)CCc2nc3sc4c(c3c(=O)[nH]2)CCCC4)o1. The summed E-state index contributed by atoms with van der Waals surface area (Å²) in [5.41, 5.74) is 1.11. The average molecular weight is 385 g/mol. The van der Waals surface area contributed by atoms with Gasteiger partial charge < -0.3 is 14.7 Å². The van der Waals surface area contributed by atoms with Crippen LogP contribution in [0.15, 0.2) is 21.3 Å². The Morgan fingerprint density at radius 3 is 2.96 bits per heavy atom. The molecule has 3 heterocycles. The van der Waals surface area contributed by atoms with Crippen molar-refractivity contribution < 1.29 is 9.21 Å². The molecular weight excluding hydrogens is 362 g/mol. The third-order valence-electron chi connectivity index (χ3n) is 5.03. The number of fused-ring (bicyclic) bond motifs is 3. The molecule has 1 aliphatic carbocycles. The van der Waals surface area contributed by atoms with Gasteiger partial charge in [-0.1, -0.05) is 0 Å². The van der Waals surface area contributed by atoms with Crippen molar-refractivity contribution in [2.24, 2.45) is 0 Å². The summed E-state index contributed by atoms with van der Waals surface area (Å²) in [4.78, 5) is 34.4. The van der Waals surface area contributed by atoms with Crippen LogP contribution in [0.5, 0.6) is 0 Å². The largest absolute Gasteiger partial charge is 0.464 e. The molecule has 0 bridgehead atoms. The molecule has 3 aromatic heterocycles. The van der Waals surface area contributed by atoms with Gasteiger partial charge in [0.1, 0.15) is 22.2 Å². The minimum atomic E-state index is -0.190. The number of nitrogens with one attached hydrogen (secondary N) is 2. The second-order valence-electron chi connectivity index (χ2n) is 7.14. The van der Waals surface area contributed by atoms with Crippen LogP contribution >= 0.6 is 11.3 Å². The number of carbonyl (C=O) groups excluding carboxylic acids is 1. The van der Waals surface area contributed by atoms with Gasteiger partial charge in [0.25, 0.3) is 5.56 Å². The number of aryl methyl sites for hydroxylation is 4. The summed E-state index contributed by atoms with van der Waals surface area (Å²) in [7, 11) is 0. The van der Waals surface area contributed by atoms with Crippen molar-refractivity contribution in [3.8, 4) is 0 Å². The van der Waals surface area contributed by atoms with E-state index >= 15 is 0 Å². The Balaban J connectivity index is 1.44. The summed E-state index contributed by atoms with van der Waals surface area (Å²) >= 11 is 1.63. The van der Waals surface area contributed by atoms with Crippen LogP contribution in [0.2, 0.25) is 0 Å². The minimum Gasteiger partial charge on any atom is -0.464 e. The molecule has 2 N–H and O–H groups in total. The van der Waals surface area contributed by atoms with Gasteiger partial charge in [-0.15, -0.1) is 11.3 Å². The number of hydrogen-bond acceptors (Lipinski definition) is 5. The van der Waals surface area contributed by atoms with E-state index in [2.05, 4.69) is 15.3 Å². The van der Waals surface area contributed by atoms with Crippen LogP contribution in [0.3, 0.4) is 0 Å². The lowest BCUT2D eigenvalue weighted by Gasteiger charge is -2.11. The maximum Gasteiger partial charge on any atom is 0.259 e. The number of aromatic amines is 1. The van der Waals surface area contributed by atoms with Gasteiger partial charge in [0.15, 0.2) is 0 Å². The molecule has 0 radical (unpaired) electrons. The highest BCUT2D eigenvalue weighted by Gasteiger charge is 2.20. The van der Waals surface area contributed by atoms with Crippen LogP contribution in [0.4, 0.5) is 0 Å². The first-order valence-electron chi connectivity index (χ1n) is 9.40. The highest BCUT2D eigenvalue weighted by Crippen LogP contribution is 2.33. The number of hydrogen-bond donors (Lipinski definition) is 2. The summed E-state index contributed by atoms with van der Waals surface area (Å²) in [5.74, 6) is 2.03. The first-order valence-corrected chi connectivity index (χ1v) is 10.2. The summed E-state index contributed by atoms with van der Waals surface area (Å²) in [6.45, 7) is 3.76. The normalized spacial score (nSPS) is 14.9. The lowest BCUT2D eigenvalue weighted by molar-refractivity contribution is -0.121. The molecule has 0 spiro atoms. The van der Waals surface area contributed by atoms with Crippen LogP contribution in [0, 0.1) is 6.92 Å². The van der Waals surface area contributed by atoms with E-state index in [-0.39, 0.29) is 23.9 Å². The zero-order valence-electron chi connectivity index (χ0n) is 15.6. The Kier molecular flexibility index (Phi) is 4.86. The molecule has 0 aliphatic heterocycles. The van der Waals surface area contributed by atoms with Crippen LogP contribution in [-0.2, 0) is 24.1 Å². The van der Waals surface area contributed by atoms with Gasteiger partial charge in [-0.05, 0) is 57.2 Å². The number of carbonyl (C=O) groups is 1. The summed E-state index contributed by atoms with van der Waals surface area (Å²) < 4.78 is 5.54. The molecule has 6 nitrogen and oxygen atoms in total. The van der Waals surface area contributed by atoms with E-state index in [1.807, 2.05) is 26.0 Å². The highest BCUT2D eigenvalue weighted by molar-refractivity contribution is 7.18. The Morgan fingerprint density at radius 2 is 2.19 bits per heavy atom. The fraction of sp³-hybridized carbons (Fsp3) is 0.450. The van der Waals surface area contributed by atoms with Crippen molar-refractivity contribution in [1.82, 2.24) is 15.3 Å². The third-order valence-corrected chi connectivity index (χ3v) is 6.21. The van der Waals surface area contributed by atoms with Crippen molar-refractivity contribution in [1.29, 1.82) is 0 Å². The molecule has 27 heavy (non-hydrogen) atoms. The zero-order valence-corrected chi connectivity index (χ0v) is 16.4. The van der Waals surface area contributed by atoms with Crippen molar-refractivity contribution in [2.45, 2.75) is 58.4 Å². The van der Waals surface area contributed by atoms with Crippen LogP contribution in [0.25, 0.3) is 10.2 Å². The molecule has 1 atom stereocenters. The van der Waals surface area contributed by atoms with Gasteiger partial charge in [0.2, 0.25) is 5.91 Å². The molecule has 142 valence electrons. The van der Waals surface area contributed by atoms with E-state index in [1.54, 1.807) is 11.3 Å². The van der Waals surface area contributed by atoms with Gasteiger partial charge in [-0.3, -0.25) is 9.59 Å². The zero-order chi connectivity index (χ0) is 19.0. The molecule has 1 aliphatic rings. The number of aromatic nitrogens is 2. The maximum absolute atomic E-state index is 12.5. The maximum atomic E-state index is 12.5. The van der Waals surface area contributed by atoms with E-state index in [9.17, 15) is 9.59 Å². The molecular formula is C20H23N3O3S. The fourth-order valence-corrected chi connectivity index (χ4v) is 4.91. The Hall–Kier alpha value is -2.41. The van der Waals surface area contributed by atoms with E-state index in [0.29, 0.717) is 12.2 Å². The van der Waals surface area contributed by atoms with Crippen molar-refractivity contribution >= 4 is 27.5 Å². The van der Waals surface area contributed by atoms with Gasteiger partial charge in [-0.2, -0.15) is 0 Å². The monoisotopic (exact) mass is 385 g/mol. The predicted molar refractivity (Wildman–Crippen MR) is 105 cm³/mol. The number of amides is 1. The van der Waals surface area contributed by atoms with Crippen LogP contribution in [-0.4, -0.2) is 15.9 Å². The van der Waals surface area contributed by atoms with E-state index in [4.69, 9.17) is 4.42 Å². The molecule has 0 saturated heterocycles. The standard InChI is InChI=1S/C20H23N3O3S/c1-11-7-8-14(26-11)12(2)21-17(24)10-9-16-22-19(25)18-13-5-3-4-6-15(13)27-20(18)23-16/h7-8,12H,3-6,9-10H2,1-2H3,(H,21,24)(H,22,23,25). The number of rotatable bonds is 5. The topological polar surface area (TPSA) is 88.0 Å². The number of nitrogens with zero attached hydrogens (tertiary/aromatic N) is 1. The Bertz CT molecular complexity index is 1050. The Labute approximate surface area is 161 Å².